The smallest absolute Gasteiger partial charge is 0.127 e. The van der Waals surface area contributed by atoms with Crippen molar-refractivity contribution in [3.63, 3.8) is 0 Å². The molecule has 94 valence electrons. The lowest BCUT2D eigenvalue weighted by Crippen LogP contribution is -1.90. The van der Waals surface area contributed by atoms with Gasteiger partial charge in [0, 0.05) is 23.1 Å². The Morgan fingerprint density at radius 1 is 0.895 bits per heavy atom. The highest BCUT2D eigenvalue weighted by atomic mass is 35.5. The van der Waals surface area contributed by atoms with Crippen LogP contribution >= 0.6 is 11.6 Å². The van der Waals surface area contributed by atoms with Crippen LogP contribution in [0.4, 0.5) is 0 Å². The molecule has 0 N–H and O–H groups in total. The summed E-state index contributed by atoms with van der Waals surface area (Å²) in [5.41, 5.74) is 1.04. The van der Waals surface area contributed by atoms with Crippen LogP contribution in [0.15, 0.2) is 67.3 Å². The molecule has 0 saturated carbocycles. The van der Waals surface area contributed by atoms with Gasteiger partial charge in [0.2, 0.25) is 0 Å². The van der Waals surface area contributed by atoms with Crippen molar-refractivity contribution in [3.05, 3.63) is 72.3 Å². The Kier molecular flexibility index (Phi) is 3.21. The van der Waals surface area contributed by atoms with E-state index in [2.05, 4.69) is 4.98 Å². The molecule has 3 rings (SSSR count). The summed E-state index contributed by atoms with van der Waals surface area (Å²) in [6.45, 7) is 0. The molecule has 3 nitrogen and oxygen atoms in total. The molecular weight excluding hydrogens is 260 g/mol. The minimum atomic E-state index is 0.697. The first-order valence-electron chi connectivity index (χ1n) is 5.83. The van der Waals surface area contributed by atoms with Crippen LogP contribution in [0.5, 0.6) is 11.5 Å². The molecule has 0 aliphatic carbocycles. The number of aromatic nitrogens is 2. The van der Waals surface area contributed by atoms with Gasteiger partial charge in [-0.1, -0.05) is 11.6 Å². The van der Waals surface area contributed by atoms with E-state index >= 15 is 0 Å². The topological polar surface area (TPSA) is 27.1 Å². The van der Waals surface area contributed by atoms with Crippen LogP contribution in [0, 0.1) is 0 Å². The zero-order chi connectivity index (χ0) is 13.1. The number of rotatable bonds is 3. The summed E-state index contributed by atoms with van der Waals surface area (Å²) < 4.78 is 7.66. The quantitative estimate of drug-likeness (QED) is 0.709. The predicted molar refractivity (Wildman–Crippen MR) is 75.1 cm³/mol. The Hall–Kier alpha value is -2.26. The molecule has 2 aromatic carbocycles. The highest BCUT2D eigenvalue weighted by Crippen LogP contribution is 2.23. The van der Waals surface area contributed by atoms with E-state index in [1.165, 1.54) is 0 Å². The fraction of sp³-hybridized carbons (Fsp3) is 0. The standard InChI is InChI=1S/C15H11ClN2O/c16-12-1-5-14(6-2-12)19-15-7-3-13(4-8-15)18-10-9-17-11-18/h1-11H. The molecule has 0 aliphatic heterocycles. The SMILES string of the molecule is Clc1ccc(Oc2ccc(-n3ccnc3)cc2)cc1. The van der Waals surface area contributed by atoms with Gasteiger partial charge in [-0.25, -0.2) is 4.98 Å². The molecule has 19 heavy (non-hydrogen) atoms. The molecule has 0 amide bonds. The third kappa shape index (κ3) is 2.77. The number of halogens is 1. The lowest BCUT2D eigenvalue weighted by Gasteiger charge is -2.07. The molecular formula is C15H11ClN2O. The lowest BCUT2D eigenvalue weighted by atomic mass is 10.3. The van der Waals surface area contributed by atoms with Crippen molar-refractivity contribution in [2.75, 3.05) is 0 Å². The van der Waals surface area contributed by atoms with Gasteiger partial charge in [-0.05, 0) is 48.5 Å². The summed E-state index contributed by atoms with van der Waals surface area (Å²) >= 11 is 5.83. The number of hydrogen-bond donors (Lipinski definition) is 0. The monoisotopic (exact) mass is 270 g/mol. The maximum absolute atomic E-state index is 5.83. The summed E-state index contributed by atoms with van der Waals surface area (Å²) in [6.07, 6.45) is 5.40. The molecule has 0 spiro atoms. The Morgan fingerprint density at radius 2 is 1.53 bits per heavy atom. The summed E-state index contributed by atoms with van der Waals surface area (Å²) in [5.74, 6) is 1.55. The normalized spacial score (nSPS) is 10.4. The Morgan fingerprint density at radius 3 is 2.11 bits per heavy atom. The van der Waals surface area contributed by atoms with E-state index in [-0.39, 0.29) is 0 Å². The molecule has 1 heterocycles. The van der Waals surface area contributed by atoms with Crippen LogP contribution < -0.4 is 4.74 Å². The van der Waals surface area contributed by atoms with Crippen LogP contribution in [0.25, 0.3) is 5.69 Å². The van der Waals surface area contributed by atoms with Gasteiger partial charge in [0.05, 0.1) is 6.33 Å². The zero-order valence-corrected chi connectivity index (χ0v) is 10.8. The summed E-state index contributed by atoms with van der Waals surface area (Å²) in [6, 6.07) is 15.1. The number of benzene rings is 2. The van der Waals surface area contributed by atoms with Gasteiger partial charge in [0.25, 0.3) is 0 Å². The van der Waals surface area contributed by atoms with E-state index in [4.69, 9.17) is 16.3 Å². The second-order valence-corrected chi connectivity index (χ2v) is 4.46. The third-order valence-electron chi connectivity index (χ3n) is 2.69. The highest BCUT2D eigenvalue weighted by molar-refractivity contribution is 6.30. The third-order valence-corrected chi connectivity index (χ3v) is 2.94. The van der Waals surface area contributed by atoms with Gasteiger partial charge in [-0.2, -0.15) is 0 Å². The molecule has 0 radical (unpaired) electrons. The van der Waals surface area contributed by atoms with E-state index in [1.807, 2.05) is 47.2 Å². The van der Waals surface area contributed by atoms with E-state index in [1.54, 1.807) is 24.7 Å². The maximum Gasteiger partial charge on any atom is 0.127 e. The van der Waals surface area contributed by atoms with Gasteiger partial charge in [-0.15, -0.1) is 0 Å². The summed E-state index contributed by atoms with van der Waals surface area (Å²) in [5, 5.41) is 0.697. The van der Waals surface area contributed by atoms with Crippen molar-refractivity contribution in [1.29, 1.82) is 0 Å². The minimum Gasteiger partial charge on any atom is -0.457 e. The highest BCUT2D eigenvalue weighted by Gasteiger charge is 1.99. The number of hydrogen-bond acceptors (Lipinski definition) is 2. The van der Waals surface area contributed by atoms with Gasteiger partial charge in [0.15, 0.2) is 0 Å². The first-order valence-corrected chi connectivity index (χ1v) is 6.21. The number of imidazole rings is 1. The first kappa shape index (κ1) is 11.8. The average Bonchev–Trinajstić information content (AvgIpc) is 2.96. The molecule has 0 aliphatic rings. The minimum absolute atomic E-state index is 0.697. The fourth-order valence-corrected chi connectivity index (χ4v) is 1.86. The lowest BCUT2D eigenvalue weighted by molar-refractivity contribution is 0.482. The summed E-state index contributed by atoms with van der Waals surface area (Å²) in [7, 11) is 0. The van der Waals surface area contributed by atoms with E-state index in [0.717, 1.165) is 17.2 Å². The molecule has 4 heteroatoms. The van der Waals surface area contributed by atoms with E-state index in [9.17, 15) is 0 Å². The van der Waals surface area contributed by atoms with Crippen molar-refractivity contribution in [1.82, 2.24) is 9.55 Å². The van der Waals surface area contributed by atoms with Crippen molar-refractivity contribution < 1.29 is 4.74 Å². The van der Waals surface area contributed by atoms with Crippen molar-refractivity contribution >= 4 is 11.6 Å². The predicted octanol–water partition coefficient (Wildman–Crippen LogP) is 4.32. The Balaban J connectivity index is 1.77. The van der Waals surface area contributed by atoms with Gasteiger partial charge < -0.3 is 9.30 Å². The van der Waals surface area contributed by atoms with Crippen LogP contribution in [-0.4, -0.2) is 9.55 Å². The molecule has 0 fully saturated rings. The maximum atomic E-state index is 5.83. The largest absolute Gasteiger partial charge is 0.457 e. The number of ether oxygens (including phenoxy) is 1. The molecule has 1 aromatic heterocycles. The van der Waals surface area contributed by atoms with Crippen molar-refractivity contribution in [2.45, 2.75) is 0 Å². The Bertz CT molecular complexity index is 646. The van der Waals surface area contributed by atoms with E-state index in [0.29, 0.717) is 5.02 Å². The van der Waals surface area contributed by atoms with E-state index < -0.39 is 0 Å². The fourth-order valence-electron chi connectivity index (χ4n) is 1.74. The molecule has 0 atom stereocenters. The molecule has 0 saturated heterocycles. The molecule has 0 unspecified atom stereocenters. The van der Waals surface area contributed by atoms with Crippen LogP contribution in [0.2, 0.25) is 5.02 Å². The average molecular weight is 271 g/mol. The van der Waals surface area contributed by atoms with Gasteiger partial charge >= 0.3 is 0 Å². The van der Waals surface area contributed by atoms with Crippen LogP contribution in [0.3, 0.4) is 0 Å². The zero-order valence-electron chi connectivity index (χ0n) is 10.0. The summed E-state index contributed by atoms with van der Waals surface area (Å²) in [4.78, 5) is 4.02. The van der Waals surface area contributed by atoms with Crippen LogP contribution in [-0.2, 0) is 0 Å². The van der Waals surface area contributed by atoms with Gasteiger partial charge in [0.1, 0.15) is 11.5 Å². The second-order valence-electron chi connectivity index (χ2n) is 4.02. The number of nitrogens with zero attached hydrogens (tertiary/aromatic N) is 2. The van der Waals surface area contributed by atoms with Gasteiger partial charge in [-0.3, -0.25) is 0 Å². The first-order chi connectivity index (χ1) is 9.31. The second kappa shape index (κ2) is 5.16. The Labute approximate surface area is 116 Å². The van der Waals surface area contributed by atoms with Crippen molar-refractivity contribution in [3.8, 4) is 17.2 Å². The van der Waals surface area contributed by atoms with Crippen molar-refractivity contribution in [2.24, 2.45) is 0 Å². The van der Waals surface area contributed by atoms with Crippen LogP contribution in [0.1, 0.15) is 0 Å². The molecule has 3 aromatic rings. The molecule has 0 bridgehead atoms.